The second kappa shape index (κ2) is 10.3. The van der Waals surface area contributed by atoms with Crippen LogP contribution in [0.5, 0.6) is 5.75 Å². The zero-order chi connectivity index (χ0) is 25.1. The Hall–Kier alpha value is -3.64. The summed E-state index contributed by atoms with van der Waals surface area (Å²) >= 11 is 6.33. The molecule has 6 nitrogen and oxygen atoms in total. The van der Waals surface area contributed by atoms with Crippen molar-refractivity contribution in [3.8, 4) is 5.75 Å². The number of aliphatic hydroxyl groups is 1. The lowest BCUT2D eigenvalue weighted by atomic mass is 9.93. The fraction of sp³-hybridized carbons (Fsp3) is 0.250. The minimum absolute atomic E-state index is 0.0245. The van der Waals surface area contributed by atoms with Gasteiger partial charge in [0.15, 0.2) is 0 Å². The molecule has 1 saturated heterocycles. The summed E-state index contributed by atoms with van der Waals surface area (Å²) in [6.45, 7) is 6.66. The molecule has 180 valence electrons. The number of pyridine rings is 1. The third-order valence-electron chi connectivity index (χ3n) is 6.04. The van der Waals surface area contributed by atoms with Crippen molar-refractivity contribution in [2.24, 2.45) is 0 Å². The number of hydrogen-bond acceptors (Lipinski definition) is 5. The topological polar surface area (TPSA) is 79.7 Å². The van der Waals surface area contributed by atoms with E-state index in [1.807, 2.05) is 37.3 Å². The molecule has 1 aliphatic heterocycles. The largest absolute Gasteiger partial charge is 0.507 e. The van der Waals surface area contributed by atoms with Crippen LogP contribution < -0.4 is 4.74 Å². The molecular formula is C28H27ClN2O4. The highest BCUT2D eigenvalue weighted by atomic mass is 35.5. The molecule has 0 aliphatic carbocycles. The van der Waals surface area contributed by atoms with E-state index in [0.717, 1.165) is 16.7 Å². The zero-order valence-electron chi connectivity index (χ0n) is 19.9. The first-order valence-electron chi connectivity index (χ1n) is 11.5. The molecule has 1 fully saturated rings. The summed E-state index contributed by atoms with van der Waals surface area (Å²) in [6, 6.07) is 15.4. The first kappa shape index (κ1) is 24.5. The number of rotatable bonds is 7. The second-order valence-electron chi connectivity index (χ2n) is 8.69. The molecule has 0 bridgehead atoms. The van der Waals surface area contributed by atoms with Gasteiger partial charge in [-0.15, -0.1) is 0 Å². The Morgan fingerprint density at radius 2 is 1.89 bits per heavy atom. The van der Waals surface area contributed by atoms with E-state index < -0.39 is 17.7 Å². The summed E-state index contributed by atoms with van der Waals surface area (Å²) in [5.74, 6) is -0.889. The highest BCUT2D eigenvalue weighted by Crippen LogP contribution is 2.41. The van der Waals surface area contributed by atoms with Gasteiger partial charge in [0.2, 0.25) is 0 Å². The Morgan fingerprint density at radius 3 is 2.49 bits per heavy atom. The molecule has 0 spiro atoms. The van der Waals surface area contributed by atoms with Crippen molar-refractivity contribution in [1.82, 2.24) is 9.88 Å². The van der Waals surface area contributed by atoms with Gasteiger partial charge in [0.1, 0.15) is 11.5 Å². The quantitative estimate of drug-likeness (QED) is 0.254. The number of hydrogen-bond donors (Lipinski definition) is 1. The van der Waals surface area contributed by atoms with Crippen molar-refractivity contribution in [3.05, 3.63) is 99.8 Å². The number of Topliss-reactive ketones (excluding diaryl/α,β-unsaturated/α-hetero) is 1. The number of aromatic nitrogens is 1. The summed E-state index contributed by atoms with van der Waals surface area (Å²) in [4.78, 5) is 32.0. The van der Waals surface area contributed by atoms with Crippen LogP contribution >= 0.6 is 11.6 Å². The van der Waals surface area contributed by atoms with Crippen molar-refractivity contribution in [3.63, 3.8) is 0 Å². The van der Waals surface area contributed by atoms with E-state index in [4.69, 9.17) is 16.3 Å². The Morgan fingerprint density at radius 1 is 1.14 bits per heavy atom. The first-order valence-corrected chi connectivity index (χ1v) is 11.9. The number of aliphatic hydroxyl groups excluding tert-OH is 1. The van der Waals surface area contributed by atoms with Crippen LogP contribution in [-0.2, 0) is 16.1 Å². The van der Waals surface area contributed by atoms with Crippen molar-refractivity contribution in [2.45, 2.75) is 39.3 Å². The van der Waals surface area contributed by atoms with Crippen LogP contribution in [0.1, 0.15) is 55.0 Å². The predicted molar refractivity (Wildman–Crippen MR) is 135 cm³/mol. The maximum Gasteiger partial charge on any atom is 0.295 e. The number of ketones is 1. The fourth-order valence-corrected chi connectivity index (χ4v) is 4.45. The summed E-state index contributed by atoms with van der Waals surface area (Å²) in [7, 11) is 0. The SMILES string of the molecule is CCOc1ccc(/C(O)=C2/C(=O)C(=O)N(Cc3cccnc3)C2c2ccc(C(C)C)cc2)cc1Cl. The molecule has 0 saturated carbocycles. The monoisotopic (exact) mass is 490 g/mol. The maximum atomic E-state index is 13.3. The van der Waals surface area contributed by atoms with Crippen LogP contribution in [-0.4, -0.2) is 33.3 Å². The van der Waals surface area contributed by atoms with E-state index in [9.17, 15) is 14.7 Å². The summed E-state index contributed by atoms with van der Waals surface area (Å²) in [5, 5.41) is 11.6. The molecule has 2 heterocycles. The van der Waals surface area contributed by atoms with Crippen molar-refractivity contribution in [2.75, 3.05) is 6.61 Å². The molecule has 1 N–H and O–H groups in total. The molecule has 1 amide bonds. The van der Waals surface area contributed by atoms with E-state index in [2.05, 4.69) is 18.8 Å². The lowest BCUT2D eigenvalue weighted by Gasteiger charge is -2.25. The Kier molecular flexibility index (Phi) is 7.22. The number of amides is 1. The molecule has 0 radical (unpaired) electrons. The zero-order valence-corrected chi connectivity index (χ0v) is 20.6. The average Bonchev–Trinajstić information content (AvgIpc) is 3.10. The van der Waals surface area contributed by atoms with Crippen LogP contribution in [0.25, 0.3) is 5.76 Å². The molecule has 1 unspecified atom stereocenters. The number of benzene rings is 2. The van der Waals surface area contributed by atoms with Crippen molar-refractivity contribution in [1.29, 1.82) is 0 Å². The summed E-state index contributed by atoms with van der Waals surface area (Å²) in [6.07, 6.45) is 3.31. The van der Waals surface area contributed by atoms with Gasteiger partial charge in [-0.05, 0) is 53.8 Å². The predicted octanol–water partition coefficient (Wildman–Crippen LogP) is 5.88. The highest BCUT2D eigenvalue weighted by molar-refractivity contribution is 6.46. The van der Waals surface area contributed by atoms with Gasteiger partial charge in [0, 0.05) is 24.5 Å². The van der Waals surface area contributed by atoms with Gasteiger partial charge < -0.3 is 14.7 Å². The van der Waals surface area contributed by atoms with Gasteiger partial charge in [-0.2, -0.15) is 0 Å². The van der Waals surface area contributed by atoms with Crippen LogP contribution in [0.4, 0.5) is 0 Å². The summed E-state index contributed by atoms with van der Waals surface area (Å²) < 4.78 is 5.47. The molecule has 35 heavy (non-hydrogen) atoms. The van der Waals surface area contributed by atoms with Crippen LogP contribution in [0.15, 0.2) is 72.6 Å². The van der Waals surface area contributed by atoms with Gasteiger partial charge in [0.05, 0.1) is 23.2 Å². The number of ether oxygens (including phenoxy) is 1. The first-order chi connectivity index (χ1) is 16.8. The second-order valence-corrected chi connectivity index (χ2v) is 9.10. The van der Waals surface area contributed by atoms with E-state index in [-0.39, 0.29) is 17.9 Å². The third-order valence-corrected chi connectivity index (χ3v) is 6.34. The van der Waals surface area contributed by atoms with E-state index >= 15 is 0 Å². The van der Waals surface area contributed by atoms with E-state index in [1.54, 1.807) is 30.6 Å². The van der Waals surface area contributed by atoms with E-state index in [1.165, 1.54) is 11.0 Å². The smallest absolute Gasteiger partial charge is 0.295 e. The lowest BCUT2D eigenvalue weighted by Crippen LogP contribution is -2.29. The normalized spacial score (nSPS) is 17.3. The molecule has 1 aliphatic rings. The summed E-state index contributed by atoms with van der Waals surface area (Å²) in [5.41, 5.74) is 3.01. The maximum absolute atomic E-state index is 13.3. The average molecular weight is 491 g/mol. The van der Waals surface area contributed by atoms with Crippen molar-refractivity contribution < 1.29 is 19.4 Å². The standard InChI is InChI=1S/C28H27ClN2O4/c1-4-35-23-12-11-21(14-22(23)29)26(32)24-25(20-9-7-19(8-10-20)17(2)3)31(28(34)27(24)33)16-18-6-5-13-30-15-18/h5-15,17,25,32H,4,16H2,1-3H3/b26-24-. The third kappa shape index (κ3) is 4.93. The molecule has 3 aromatic rings. The Balaban J connectivity index is 1.84. The van der Waals surface area contributed by atoms with Gasteiger partial charge >= 0.3 is 0 Å². The van der Waals surface area contributed by atoms with Crippen LogP contribution in [0, 0.1) is 0 Å². The highest BCUT2D eigenvalue weighted by Gasteiger charge is 2.46. The number of likely N-dealkylation sites (tertiary alicyclic amines) is 1. The fourth-order valence-electron chi connectivity index (χ4n) is 4.22. The van der Waals surface area contributed by atoms with Crippen LogP contribution in [0.3, 0.4) is 0 Å². The minimum atomic E-state index is -0.762. The van der Waals surface area contributed by atoms with Crippen molar-refractivity contribution >= 4 is 29.1 Å². The van der Waals surface area contributed by atoms with Gasteiger partial charge in [0.25, 0.3) is 11.7 Å². The lowest BCUT2D eigenvalue weighted by molar-refractivity contribution is -0.140. The molecule has 7 heteroatoms. The minimum Gasteiger partial charge on any atom is -0.507 e. The number of carbonyl (C=O) groups excluding carboxylic acids is 2. The molecule has 1 atom stereocenters. The molecule has 2 aromatic carbocycles. The van der Waals surface area contributed by atoms with E-state index in [0.29, 0.717) is 28.9 Å². The Bertz CT molecular complexity index is 1270. The van der Waals surface area contributed by atoms with Gasteiger partial charge in [-0.25, -0.2) is 0 Å². The number of carbonyl (C=O) groups is 2. The molecule has 4 rings (SSSR count). The Labute approximate surface area is 209 Å². The number of nitrogens with zero attached hydrogens (tertiary/aromatic N) is 2. The van der Waals surface area contributed by atoms with Gasteiger partial charge in [-0.3, -0.25) is 14.6 Å². The number of halogens is 1. The molecular weight excluding hydrogens is 464 g/mol. The molecule has 1 aromatic heterocycles. The van der Waals surface area contributed by atoms with Gasteiger partial charge in [-0.1, -0.05) is 55.8 Å². The van der Waals surface area contributed by atoms with Crippen LogP contribution in [0.2, 0.25) is 5.02 Å².